The van der Waals surface area contributed by atoms with E-state index < -0.39 is 0 Å². The van der Waals surface area contributed by atoms with E-state index in [1.54, 1.807) is 23.5 Å². The number of thiazole rings is 1. The lowest BCUT2D eigenvalue weighted by Gasteiger charge is -2.33. The largest absolute Gasteiger partial charge is 0.465 e. The van der Waals surface area contributed by atoms with Gasteiger partial charge in [-0.25, -0.2) is 9.78 Å². The van der Waals surface area contributed by atoms with E-state index in [2.05, 4.69) is 57.3 Å². The molecule has 1 aliphatic heterocycles. The average Bonchev–Trinajstić information content (AvgIpc) is 3.21. The van der Waals surface area contributed by atoms with Crippen molar-refractivity contribution >= 4 is 56.3 Å². The minimum atomic E-state index is -0.360. The van der Waals surface area contributed by atoms with Crippen molar-refractivity contribution in [1.82, 2.24) is 9.88 Å². The number of carbonyl (C=O) groups excluding carboxylic acids is 1. The van der Waals surface area contributed by atoms with Crippen molar-refractivity contribution in [3.8, 4) is 11.3 Å². The number of likely N-dealkylation sites (tertiary alicyclic amines) is 1. The summed E-state index contributed by atoms with van der Waals surface area (Å²) in [6, 6.07) is 15.5. The lowest BCUT2D eigenvalue weighted by molar-refractivity contribution is 0.0601. The van der Waals surface area contributed by atoms with Crippen LogP contribution in [-0.4, -0.2) is 41.2 Å². The van der Waals surface area contributed by atoms with Crippen LogP contribution in [0.25, 0.3) is 11.3 Å². The Kier molecular flexibility index (Phi) is 7.23. The van der Waals surface area contributed by atoms with Crippen molar-refractivity contribution in [2.24, 2.45) is 0 Å². The van der Waals surface area contributed by atoms with Gasteiger partial charge in [-0.1, -0.05) is 34.1 Å². The van der Waals surface area contributed by atoms with Gasteiger partial charge in [0.25, 0.3) is 0 Å². The average molecular weight is 531 g/mol. The zero-order chi connectivity index (χ0) is 22.7. The van der Waals surface area contributed by atoms with Gasteiger partial charge in [0.05, 0.1) is 23.4 Å². The molecule has 0 amide bonds. The third-order valence-electron chi connectivity index (χ3n) is 5.60. The van der Waals surface area contributed by atoms with Gasteiger partial charge in [0.2, 0.25) is 0 Å². The minimum Gasteiger partial charge on any atom is -0.465 e. The first-order chi connectivity index (χ1) is 15.4. The van der Waals surface area contributed by atoms with E-state index >= 15 is 0 Å². The molecule has 32 heavy (non-hydrogen) atoms. The number of thiocarbonyl (C=S) groups is 1. The Morgan fingerprint density at radius 2 is 1.94 bits per heavy atom. The standard InChI is InChI=1S/C24H24BrN3O2S2/c1-15-21(16-6-8-19(25)9-7-16)27-22(32-15)17-10-12-28(13-11-17)24(31)26-20-5-3-4-18(14-20)23(29)30-2/h3-9,14,17H,10-13H2,1-2H3,(H,26,31). The third-order valence-corrected chi connectivity index (χ3v) is 7.62. The van der Waals surface area contributed by atoms with Gasteiger partial charge in [-0.05, 0) is 62.3 Å². The normalized spacial score (nSPS) is 14.3. The number of aryl methyl sites for hydroxylation is 1. The first-order valence-electron chi connectivity index (χ1n) is 10.4. The first kappa shape index (κ1) is 22.9. The molecule has 166 valence electrons. The molecule has 0 bridgehead atoms. The van der Waals surface area contributed by atoms with Crippen molar-refractivity contribution < 1.29 is 9.53 Å². The molecule has 0 aliphatic carbocycles. The summed E-state index contributed by atoms with van der Waals surface area (Å²) in [6.07, 6.45) is 2.02. The van der Waals surface area contributed by atoms with E-state index in [1.165, 1.54) is 17.0 Å². The maximum atomic E-state index is 11.8. The van der Waals surface area contributed by atoms with Crippen molar-refractivity contribution in [3.05, 3.63) is 68.5 Å². The summed E-state index contributed by atoms with van der Waals surface area (Å²) < 4.78 is 5.87. The Hall–Kier alpha value is -2.29. The van der Waals surface area contributed by atoms with Crippen LogP contribution in [0.5, 0.6) is 0 Å². The van der Waals surface area contributed by atoms with Crippen LogP contribution >= 0.6 is 39.5 Å². The van der Waals surface area contributed by atoms with E-state index in [4.69, 9.17) is 21.9 Å². The zero-order valence-corrected chi connectivity index (χ0v) is 21.1. The first-order valence-corrected chi connectivity index (χ1v) is 12.4. The van der Waals surface area contributed by atoms with Crippen LogP contribution in [-0.2, 0) is 4.74 Å². The monoisotopic (exact) mass is 529 g/mol. The second-order valence-corrected chi connectivity index (χ2v) is 10.3. The van der Waals surface area contributed by atoms with Gasteiger partial charge in [0.15, 0.2) is 5.11 Å². The van der Waals surface area contributed by atoms with Crippen LogP contribution in [0.2, 0.25) is 0 Å². The summed E-state index contributed by atoms with van der Waals surface area (Å²) in [5.41, 5.74) is 3.53. The molecule has 1 aliphatic rings. The second kappa shape index (κ2) is 10.1. The molecule has 3 aromatic rings. The number of ether oxygens (including phenoxy) is 1. The number of piperidine rings is 1. The second-order valence-electron chi connectivity index (χ2n) is 7.73. The minimum absolute atomic E-state index is 0.360. The van der Waals surface area contributed by atoms with Gasteiger partial charge in [0.1, 0.15) is 0 Å². The van der Waals surface area contributed by atoms with Crippen LogP contribution in [0.1, 0.15) is 39.0 Å². The van der Waals surface area contributed by atoms with Gasteiger partial charge >= 0.3 is 5.97 Å². The van der Waals surface area contributed by atoms with Crippen LogP contribution in [0.3, 0.4) is 0 Å². The fourth-order valence-electron chi connectivity index (χ4n) is 3.84. The number of esters is 1. The number of nitrogens with one attached hydrogen (secondary N) is 1. The highest BCUT2D eigenvalue weighted by atomic mass is 79.9. The Labute approximate surface area is 205 Å². The molecule has 1 N–H and O–H groups in total. The maximum Gasteiger partial charge on any atom is 0.337 e. The van der Waals surface area contributed by atoms with Gasteiger partial charge in [-0.3, -0.25) is 0 Å². The number of anilines is 1. The van der Waals surface area contributed by atoms with E-state index in [9.17, 15) is 4.79 Å². The van der Waals surface area contributed by atoms with Crippen molar-refractivity contribution in [2.45, 2.75) is 25.7 Å². The van der Waals surface area contributed by atoms with Crippen LogP contribution in [0, 0.1) is 6.92 Å². The number of rotatable bonds is 4. The molecule has 1 fully saturated rings. The van der Waals surface area contributed by atoms with Crippen LogP contribution in [0.15, 0.2) is 53.0 Å². The number of hydrogen-bond acceptors (Lipinski definition) is 5. The van der Waals surface area contributed by atoms with Gasteiger partial charge in [-0.2, -0.15) is 0 Å². The number of hydrogen-bond donors (Lipinski definition) is 1. The van der Waals surface area contributed by atoms with Gasteiger partial charge in [0, 0.05) is 39.6 Å². The Morgan fingerprint density at radius 3 is 2.62 bits per heavy atom. The molecule has 1 aromatic heterocycles. The number of nitrogens with zero attached hydrogens (tertiary/aromatic N) is 2. The van der Waals surface area contributed by atoms with E-state index in [1.807, 2.05) is 12.1 Å². The molecular formula is C24H24BrN3O2S2. The predicted molar refractivity (Wildman–Crippen MR) is 138 cm³/mol. The SMILES string of the molecule is COC(=O)c1cccc(NC(=S)N2CCC(c3nc(-c4ccc(Br)cc4)c(C)s3)CC2)c1. The molecule has 0 atom stereocenters. The highest BCUT2D eigenvalue weighted by molar-refractivity contribution is 9.10. The number of benzene rings is 2. The van der Waals surface area contributed by atoms with Gasteiger partial charge in [-0.15, -0.1) is 11.3 Å². The van der Waals surface area contributed by atoms with Crippen molar-refractivity contribution in [3.63, 3.8) is 0 Å². The van der Waals surface area contributed by atoms with Crippen molar-refractivity contribution in [1.29, 1.82) is 0 Å². The number of methoxy groups -OCH3 is 1. The third kappa shape index (κ3) is 5.19. The summed E-state index contributed by atoms with van der Waals surface area (Å²) >= 11 is 10.9. The fourth-order valence-corrected chi connectivity index (χ4v) is 5.52. The maximum absolute atomic E-state index is 11.8. The Balaban J connectivity index is 1.37. The van der Waals surface area contributed by atoms with E-state index in [0.29, 0.717) is 16.6 Å². The summed E-state index contributed by atoms with van der Waals surface area (Å²) in [4.78, 5) is 20.2. The summed E-state index contributed by atoms with van der Waals surface area (Å²) in [5.74, 6) is 0.0891. The summed E-state index contributed by atoms with van der Waals surface area (Å²) in [6.45, 7) is 3.90. The summed E-state index contributed by atoms with van der Waals surface area (Å²) in [5, 5.41) is 5.15. The van der Waals surface area contributed by atoms with Gasteiger partial charge < -0.3 is 15.0 Å². The molecule has 8 heteroatoms. The quantitative estimate of drug-likeness (QED) is 0.318. The molecule has 1 saturated heterocycles. The molecule has 5 nitrogen and oxygen atoms in total. The lowest BCUT2D eigenvalue weighted by Crippen LogP contribution is -2.40. The van der Waals surface area contributed by atoms with Crippen LogP contribution < -0.4 is 5.32 Å². The molecule has 2 aromatic carbocycles. The molecular weight excluding hydrogens is 506 g/mol. The Bertz CT molecular complexity index is 1120. The fraction of sp³-hybridized carbons (Fsp3) is 0.292. The smallest absolute Gasteiger partial charge is 0.337 e. The lowest BCUT2D eigenvalue weighted by atomic mass is 9.98. The topological polar surface area (TPSA) is 54.5 Å². The zero-order valence-electron chi connectivity index (χ0n) is 17.9. The molecule has 0 spiro atoms. The number of carbonyl (C=O) groups is 1. The van der Waals surface area contributed by atoms with Crippen LogP contribution in [0.4, 0.5) is 5.69 Å². The van der Waals surface area contributed by atoms with E-state index in [0.717, 1.165) is 47.3 Å². The number of aromatic nitrogens is 1. The Morgan fingerprint density at radius 1 is 1.22 bits per heavy atom. The molecule has 0 unspecified atom stereocenters. The highest BCUT2D eigenvalue weighted by Crippen LogP contribution is 2.36. The molecule has 2 heterocycles. The van der Waals surface area contributed by atoms with E-state index in [-0.39, 0.29) is 5.97 Å². The molecule has 0 saturated carbocycles. The highest BCUT2D eigenvalue weighted by Gasteiger charge is 2.25. The molecule has 0 radical (unpaired) electrons. The number of halogens is 1. The summed E-state index contributed by atoms with van der Waals surface area (Å²) in [7, 11) is 1.38. The predicted octanol–water partition coefficient (Wildman–Crippen LogP) is 6.24. The molecule has 4 rings (SSSR count). The van der Waals surface area contributed by atoms with Crippen molar-refractivity contribution in [2.75, 3.05) is 25.5 Å².